The molecule has 82 valence electrons. The van der Waals surface area contributed by atoms with Crippen LogP contribution in [0.2, 0.25) is 0 Å². The van der Waals surface area contributed by atoms with Crippen molar-refractivity contribution in [3.05, 3.63) is 35.4 Å². The zero-order valence-electron chi connectivity index (χ0n) is 8.65. The van der Waals surface area contributed by atoms with Crippen LogP contribution in [0.3, 0.4) is 0 Å². The van der Waals surface area contributed by atoms with Gasteiger partial charge in [-0.05, 0) is 30.4 Å². The van der Waals surface area contributed by atoms with E-state index in [1.165, 1.54) is 5.56 Å². The normalized spacial score (nSPS) is 10.2. The summed E-state index contributed by atoms with van der Waals surface area (Å²) < 4.78 is 0. The van der Waals surface area contributed by atoms with Crippen molar-refractivity contribution in [2.75, 3.05) is 6.61 Å². The maximum absolute atomic E-state index is 10.4. The molecule has 0 radical (unpaired) electrons. The summed E-state index contributed by atoms with van der Waals surface area (Å²) in [5, 5.41) is 17.2. The third-order valence-corrected chi connectivity index (χ3v) is 2.27. The van der Waals surface area contributed by atoms with Gasteiger partial charge in [-0.3, -0.25) is 4.79 Å². The zero-order chi connectivity index (χ0) is 11.1. The Bertz CT molecular complexity index is 303. The van der Waals surface area contributed by atoms with Gasteiger partial charge in [0.2, 0.25) is 0 Å². The smallest absolute Gasteiger partial charge is 0.303 e. The molecule has 0 saturated carbocycles. The van der Waals surface area contributed by atoms with E-state index in [4.69, 9.17) is 10.2 Å². The average Bonchev–Trinajstić information content (AvgIpc) is 2.25. The summed E-state index contributed by atoms with van der Waals surface area (Å²) >= 11 is 0. The summed E-state index contributed by atoms with van der Waals surface area (Å²) in [4.78, 5) is 10.4. The second-order valence-electron chi connectivity index (χ2n) is 3.54. The highest BCUT2D eigenvalue weighted by Gasteiger charge is 1.99. The fourth-order valence-corrected chi connectivity index (χ4v) is 1.41. The molecule has 0 aliphatic heterocycles. The molecule has 1 aromatic carbocycles. The molecule has 0 bridgehead atoms. The summed E-state index contributed by atoms with van der Waals surface area (Å²) in [6.45, 7) is 0.209. The molecule has 0 aliphatic carbocycles. The zero-order valence-corrected chi connectivity index (χ0v) is 8.65. The minimum Gasteiger partial charge on any atom is -0.481 e. The van der Waals surface area contributed by atoms with E-state index in [9.17, 15) is 4.79 Å². The van der Waals surface area contributed by atoms with Crippen molar-refractivity contribution < 1.29 is 15.0 Å². The van der Waals surface area contributed by atoms with Gasteiger partial charge in [0.15, 0.2) is 0 Å². The summed E-state index contributed by atoms with van der Waals surface area (Å²) in [6.07, 6.45) is 2.40. The summed E-state index contributed by atoms with van der Waals surface area (Å²) in [6, 6.07) is 7.89. The monoisotopic (exact) mass is 208 g/mol. The van der Waals surface area contributed by atoms with E-state index >= 15 is 0 Å². The first-order chi connectivity index (χ1) is 7.22. The molecular formula is C12H16O3. The fraction of sp³-hybridized carbons (Fsp3) is 0.417. The first-order valence-corrected chi connectivity index (χ1v) is 5.13. The first-order valence-electron chi connectivity index (χ1n) is 5.13. The van der Waals surface area contributed by atoms with Gasteiger partial charge in [0.25, 0.3) is 0 Å². The average molecular weight is 208 g/mol. The first kappa shape index (κ1) is 11.7. The van der Waals surface area contributed by atoms with Gasteiger partial charge in [-0.15, -0.1) is 0 Å². The van der Waals surface area contributed by atoms with Crippen molar-refractivity contribution in [1.82, 2.24) is 0 Å². The molecular weight excluding hydrogens is 192 g/mol. The summed E-state index contributed by atoms with van der Waals surface area (Å²) in [5.41, 5.74) is 2.23. The number of carboxylic acid groups (broad SMARTS) is 1. The van der Waals surface area contributed by atoms with Gasteiger partial charge >= 0.3 is 5.97 Å². The Hall–Kier alpha value is -1.35. The minimum atomic E-state index is -0.764. The van der Waals surface area contributed by atoms with Crippen LogP contribution in [-0.4, -0.2) is 22.8 Å². The molecule has 0 unspecified atom stereocenters. The Balaban J connectivity index is 2.45. The van der Waals surface area contributed by atoms with Crippen molar-refractivity contribution in [3.63, 3.8) is 0 Å². The van der Waals surface area contributed by atoms with Crippen LogP contribution in [0.5, 0.6) is 0 Å². The highest BCUT2D eigenvalue weighted by Crippen LogP contribution is 2.08. The van der Waals surface area contributed by atoms with E-state index in [2.05, 4.69) is 0 Å². The number of benzene rings is 1. The van der Waals surface area contributed by atoms with Crippen molar-refractivity contribution >= 4 is 5.97 Å². The lowest BCUT2D eigenvalue weighted by atomic mass is 10.0. The molecule has 0 spiro atoms. The number of hydrogen-bond acceptors (Lipinski definition) is 2. The minimum absolute atomic E-state index is 0.177. The molecule has 0 atom stereocenters. The summed E-state index contributed by atoms with van der Waals surface area (Å²) in [5.74, 6) is -0.764. The Kier molecular flexibility index (Phi) is 4.84. The third-order valence-electron chi connectivity index (χ3n) is 2.27. The maximum atomic E-state index is 10.4. The molecule has 1 rings (SSSR count). The van der Waals surface area contributed by atoms with E-state index in [0.717, 1.165) is 18.4 Å². The summed E-state index contributed by atoms with van der Waals surface area (Å²) in [7, 11) is 0. The number of aliphatic carboxylic acids is 1. The molecule has 0 aliphatic rings. The molecule has 1 aromatic rings. The Labute approximate surface area is 89.4 Å². The van der Waals surface area contributed by atoms with E-state index in [1.807, 2.05) is 24.3 Å². The van der Waals surface area contributed by atoms with Gasteiger partial charge in [-0.1, -0.05) is 24.3 Å². The quantitative estimate of drug-likeness (QED) is 0.747. The van der Waals surface area contributed by atoms with Gasteiger partial charge in [-0.25, -0.2) is 0 Å². The second kappa shape index (κ2) is 6.19. The van der Waals surface area contributed by atoms with E-state index in [0.29, 0.717) is 6.42 Å². The third kappa shape index (κ3) is 4.61. The van der Waals surface area contributed by atoms with Crippen LogP contribution >= 0.6 is 0 Å². The number of hydrogen-bond donors (Lipinski definition) is 2. The maximum Gasteiger partial charge on any atom is 0.303 e. The van der Waals surface area contributed by atoms with Gasteiger partial charge < -0.3 is 10.2 Å². The molecule has 0 saturated heterocycles. The lowest BCUT2D eigenvalue weighted by Crippen LogP contribution is -1.97. The van der Waals surface area contributed by atoms with E-state index in [-0.39, 0.29) is 13.0 Å². The van der Waals surface area contributed by atoms with Crippen molar-refractivity contribution in [2.24, 2.45) is 0 Å². The van der Waals surface area contributed by atoms with Crippen LogP contribution in [-0.2, 0) is 17.6 Å². The molecule has 2 N–H and O–H groups in total. The predicted octanol–water partition coefficient (Wildman–Crippen LogP) is 1.63. The number of rotatable bonds is 6. The SMILES string of the molecule is O=C(O)CCc1ccc(CCCO)cc1. The van der Waals surface area contributed by atoms with Crippen molar-refractivity contribution in [1.29, 1.82) is 0 Å². The number of aliphatic hydroxyl groups excluding tert-OH is 1. The molecule has 0 fully saturated rings. The topological polar surface area (TPSA) is 57.5 Å². The molecule has 0 heterocycles. The van der Waals surface area contributed by atoms with Crippen molar-refractivity contribution in [3.8, 4) is 0 Å². The lowest BCUT2D eigenvalue weighted by Gasteiger charge is -2.02. The van der Waals surface area contributed by atoms with E-state index in [1.54, 1.807) is 0 Å². The molecule has 15 heavy (non-hydrogen) atoms. The van der Waals surface area contributed by atoms with Crippen molar-refractivity contribution in [2.45, 2.75) is 25.7 Å². The molecule has 3 heteroatoms. The number of aliphatic hydroxyl groups is 1. The second-order valence-corrected chi connectivity index (χ2v) is 3.54. The number of aryl methyl sites for hydroxylation is 2. The van der Waals surface area contributed by atoms with Crippen LogP contribution in [0.15, 0.2) is 24.3 Å². The highest BCUT2D eigenvalue weighted by atomic mass is 16.4. The van der Waals surface area contributed by atoms with Crippen LogP contribution in [0.25, 0.3) is 0 Å². The Morgan fingerprint density at radius 3 is 2.07 bits per heavy atom. The van der Waals surface area contributed by atoms with Crippen LogP contribution in [0.1, 0.15) is 24.0 Å². The van der Waals surface area contributed by atoms with Gasteiger partial charge in [0, 0.05) is 13.0 Å². The predicted molar refractivity (Wildman–Crippen MR) is 57.8 cm³/mol. The highest BCUT2D eigenvalue weighted by molar-refractivity contribution is 5.67. The Morgan fingerprint density at radius 1 is 1.07 bits per heavy atom. The number of carbonyl (C=O) groups is 1. The van der Waals surface area contributed by atoms with Gasteiger partial charge in [0.1, 0.15) is 0 Å². The number of carboxylic acids is 1. The van der Waals surface area contributed by atoms with Crippen LogP contribution in [0.4, 0.5) is 0 Å². The molecule has 3 nitrogen and oxygen atoms in total. The van der Waals surface area contributed by atoms with Crippen LogP contribution in [0, 0.1) is 0 Å². The fourth-order valence-electron chi connectivity index (χ4n) is 1.41. The van der Waals surface area contributed by atoms with Gasteiger partial charge in [-0.2, -0.15) is 0 Å². The molecule has 0 aromatic heterocycles. The standard InChI is InChI=1S/C12H16O3/c13-9-1-2-10-3-5-11(6-4-10)7-8-12(14)15/h3-6,13H,1-2,7-9H2,(H,14,15). The van der Waals surface area contributed by atoms with E-state index < -0.39 is 5.97 Å². The van der Waals surface area contributed by atoms with Crippen LogP contribution < -0.4 is 0 Å². The Morgan fingerprint density at radius 2 is 1.60 bits per heavy atom. The van der Waals surface area contributed by atoms with Gasteiger partial charge in [0.05, 0.1) is 0 Å². The molecule has 0 amide bonds. The largest absolute Gasteiger partial charge is 0.481 e. The lowest BCUT2D eigenvalue weighted by molar-refractivity contribution is -0.136.